The molecule has 110 valence electrons. The summed E-state index contributed by atoms with van der Waals surface area (Å²) in [5, 5.41) is 0. The van der Waals surface area contributed by atoms with Crippen LogP contribution >= 0.6 is 11.8 Å². The summed E-state index contributed by atoms with van der Waals surface area (Å²) >= 11 is 1.53. The zero-order valence-electron chi connectivity index (χ0n) is 11.8. The number of piperidine rings is 1. The third-order valence-corrected chi connectivity index (χ3v) is 4.30. The minimum Gasteiger partial charge on any atom is -0.468 e. The first-order chi connectivity index (χ1) is 8.97. The summed E-state index contributed by atoms with van der Waals surface area (Å²) in [6.45, 7) is 3.43. The Labute approximate surface area is 119 Å². The molecular weight excluding hydrogens is 264 g/mol. The maximum absolute atomic E-state index is 11.9. The van der Waals surface area contributed by atoms with Crippen molar-refractivity contribution >= 4 is 23.6 Å². The molecule has 1 heterocycles. The molecule has 1 aliphatic rings. The van der Waals surface area contributed by atoms with Crippen LogP contribution in [-0.2, 0) is 14.3 Å². The maximum atomic E-state index is 11.9. The van der Waals surface area contributed by atoms with Crippen molar-refractivity contribution in [1.82, 2.24) is 4.90 Å². The largest absolute Gasteiger partial charge is 0.468 e. The summed E-state index contributed by atoms with van der Waals surface area (Å²) in [7, 11) is 1.33. The van der Waals surface area contributed by atoms with Gasteiger partial charge in [0.25, 0.3) is 0 Å². The molecule has 19 heavy (non-hydrogen) atoms. The van der Waals surface area contributed by atoms with E-state index in [2.05, 4.69) is 4.74 Å². The fraction of sp³-hybridized carbons (Fsp3) is 0.846. The Balaban J connectivity index is 2.19. The lowest BCUT2D eigenvalue weighted by Crippen LogP contribution is -2.46. The van der Waals surface area contributed by atoms with Crippen LogP contribution in [-0.4, -0.2) is 54.0 Å². The fourth-order valence-corrected chi connectivity index (χ4v) is 3.08. The smallest absolute Gasteiger partial charge is 0.325 e. The molecule has 0 aliphatic carbocycles. The van der Waals surface area contributed by atoms with Gasteiger partial charge in [0, 0.05) is 13.1 Å². The molecule has 6 heteroatoms. The number of esters is 1. The zero-order chi connectivity index (χ0) is 14.3. The van der Waals surface area contributed by atoms with Crippen molar-refractivity contribution in [1.29, 1.82) is 0 Å². The number of likely N-dealkylation sites (tertiary alicyclic amines) is 1. The molecule has 1 amide bonds. The molecular formula is C13H24N2O3S. The predicted octanol–water partition coefficient (Wildman–Crippen LogP) is 1.01. The molecule has 1 rings (SSSR count). The third-order valence-electron chi connectivity index (χ3n) is 3.35. The lowest BCUT2D eigenvalue weighted by atomic mass is 10.0. The molecule has 1 saturated heterocycles. The van der Waals surface area contributed by atoms with Crippen LogP contribution in [0, 0.1) is 0 Å². The Morgan fingerprint density at radius 2 is 1.95 bits per heavy atom. The first-order valence-electron chi connectivity index (χ1n) is 6.70. The molecule has 0 aromatic rings. The van der Waals surface area contributed by atoms with Crippen LogP contribution in [0.3, 0.4) is 0 Å². The van der Waals surface area contributed by atoms with E-state index in [0.717, 1.165) is 25.9 Å². The Morgan fingerprint density at radius 3 is 2.53 bits per heavy atom. The van der Waals surface area contributed by atoms with Gasteiger partial charge in [0.05, 0.1) is 12.9 Å². The number of carbonyl (C=O) groups excluding carboxylic acids is 2. The molecule has 5 nitrogen and oxygen atoms in total. The van der Waals surface area contributed by atoms with Crippen molar-refractivity contribution in [2.75, 3.05) is 31.7 Å². The van der Waals surface area contributed by atoms with Gasteiger partial charge in [-0.1, -0.05) is 0 Å². The monoisotopic (exact) mass is 288 g/mol. The van der Waals surface area contributed by atoms with Gasteiger partial charge in [-0.05, 0) is 38.4 Å². The van der Waals surface area contributed by atoms with E-state index in [1.165, 1.54) is 25.3 Å². The highest BCUT2D eigenvalue weighted by atomic mass is 32.2. The number of nitrogens with two attached hydrogens (primary N) is 1. The molecule has 1 atom stereocenters. The van der Waals surface area contributed by atoms with E-state index in [-0.39, 0.29) is 5.91 Å². The standard InChI is InChI=1S/C13H24N2O3S/c1-13(14,12(17)18-2)6-9-19-10-11(16)15-7-4-3-5-8-15/h3-10,14H2,1-2H3. The van der Waals surface area contributed by atoms with Gasteiger partial charge in [-0.15, -0.1) is 0 Å². The van der Waals surface area contributed by atoms with Crippen LogP contribution in [0.15, 0.2) is 0 Å². The quantitative estimate of drug-likeness (QED) is 0.583. The maximum Gasteiger partial charge on any atom is 0.325 e. The van der Waals surface area contributed by atoms with E-state index >= 15 is 0 Å². The van der Waals surface area contributed by atoms with Crippen molar-refractivity contribution in [3.05, 3.63) is 0 Å². The molecule has 1 unspecified atom stereocenters. The van der Waals surface area contributed by atoms with Crippen molar-refractivity contribution < 1.29 is 14.3 Å². The SMILES string of the molecule is COC(=O)C(C)(N)CCSCC(=O)N1CCCCC1. The molecule has 1 fully saturated rings. The Bertz CT molecular complexity index is 315. The minimum absolute atomic E-state index is 0.196. The molecule has 1 aliphatic heterocycles. The van der Waals surface area contributed by atoms with E-state index in [1.807, 2.05) is 4.90 Å². The normalized spacial score (nSPS) is 18.8. The number of rotatable bonds is 6. The Hall–Kier alpha value is -0.750. The van der Waals surface area contributed by atoms with Crippen molar-refractivity contribution in [2.24, 2.45) is 5.73 Å². The van der Waals surface area contributed by atoms with Crippen LogP contribution in [0.2, 0.25) is 0 Å². The van der Waals surface area contributed by atoms with Crippen molar-refractivity contribution in [3.63, 3.8) is 0 Å². The third kappa shape index (κ3) is 5.40. The molecule has 0 saturated carbocycles. The Kier molecular flexibility index (Phi) is 6.65. The van der Waals surface area contributed by atoms with Crippen LogP contribution in [0.5, 0.6) is 0 Å². The van der Waals surface area contributed by atoms with Gasteiger partial charge in [-0.25, -0.2) is 0 Å². The molecule has 0 aromatic carbocycles. The fourth-order valence-electron chi connectivity index (χ4n) is 2.01. The summed E-state index contributed by atoms with van der Waals surface area (Å²) < 4.78 is 4.64. The molecule has 0 spiro atoms. The first-order valence-corrected chi connectivity index (χ1v) is 7.85. The summed E-state index contributed by atoms with van der Waals surface area (Å²) in [5.41, 5.74) is 4.88. The highest BCUT2D eigenvalue weighted by Crippen LogP contribution is 2.15. The Morgan fingerprint density at radius 1 is 1.32 bits per heavy atom. The average molecular weight is 288 g/mol. The molecule has 0 aromatic heterocycles. The number of amides is 1. The summed E-state index contributed by atoms with van der Waals surface area (Å²) in [4.78, 5) is 25.2. The number of thioether (sulfide) groups is 1. The second-order valence-electron chi connectivity index (χ2n) is 5.15. The second kappa shape index (κ2) is 7.75. The molecule has 0 radical (unpaired) electrons. The molecule has 2 N–H and O–H groups in total. The average Bonchev–Trinajstić information content (AvgIpc) is 2.43. The van der Waals surface area contributed by atoms with E-state index in [1.54, 1.807) is 6.92 Å². The van der Waals surface area contributed by atoms with Gasteiger partial charge in [0.1, 0.15) is 5.54 Å². The minimum atomic E-state index is -0.962. The van der Waals surface area contributed by atoms with Gasteiger partial charge in [0.2, 0.25) is 5.91 Å². The van der Waals surface area contributed by atoms with E-state index in [4.69, 9.17) is 5.73 Å². The van der Waals surface area contributed by atoms with E-state index in [0.29, 0.717) is 17.9 Å². The van der Waals surface area contributed by atoms with Crippen LogP contribution in [0.1, 0.15) is 32.6 Å². The van der Waals surface area contributed by atoms with E-state index < -0.39 is 11.5 Å². The van der Waals surface area contributed by atoms with Gasteiger partial charge >= 0.3 is 5.97 Å². The number of methoxy groups -OCH3 is 1. The number of ether oxygens (including phenoxy) is 1. The van der Waals surface area contributed by atoms with Gasteiger partial charge in [-0.3, -0.25) is 9.59 Å². The summed E-state index contributed by atoms with van der Waals surface area (Å²) in [5.74, 6) is 0.941. The highest BCUT2D eigenvalue weighted by Gasteiger charge is 2.28. The number of hydrogen-bond donors (Lipinski definition) is 1. The van der Waals surface area contributed by atoms with Gasteiger partial charge < -0.3 is 15.4 Å². The lowest BCUT2D eigenvalue weighted by Gasteiger charge is -2.26. The lowest BCUT2D eigenvalue weighted by molar-refractivity contribution is -0.146. The van der Waals surface area contributed by atoms with Crippen LogP contribution < -0.4 is 5.73 Å². The summed E-state index contributed by atoms with van der Waals surface area (Å²) in [6, 6.07) is 0. The van der Waals surface area contributed by atoms with Crippen LogP contribution in [0.25, 0.3) is 0 Å². The predicted molar refractivity (Wildman–Crippen MR) is 77.0 cm³/mol. The van der Waals surface area contributed by atoms with Crippen molar-refractivity contribution in [3.8, 4) is 0 Å². The topological polar surface area (TPSA) is 72.6 Å². The second-order valence-corrected chi connectivity index (χ2v) is 6.26. The van der Waals surface area contributed by atoms with Gasteiger partial charge in [-0.2, -0.15) is 11.8 Å². The highest BCUT2D eigenvalue weighted by molar-refractivity contribution is 7.99. The number of hydrogen-bond acceptors (Lipinski definition) is 5. The van der Waals surface area contributed by atoms with Crippen molar-refractivity contribution in [2.45, 2.75) is 38.1 Å². The number of carbonyl (C=O) groups is 2. The number of nitrogens with zero attached hydrogens (tertiary/aromatic N) is 1. The first kappa shape index (κ1) is 16.3. The van der Waals surface area contributed by atoms with Gasteiger partial charge in [0.15, 0.2) is 0 Å². The van der Waals surface area contributed by atoms with Crippen LogP contribution in [0.4, 0.5) is 0 Å². The summed E-state index contributed by atoms with van der Waals surface area (Å²) in [6.07, 6.45) is 3.96. The van der Waals surface area contributed by atoms with E-state index in [9.17, 15) is 9.59 Å². The molecule has 0 bridgehead atoms. The zero-order valence-corrected chi connectivity index (χ0v) is 12.6.